The topological polar surface area (TPSA) is 16.4 Å². The fraction of sp³-hybridized carbons (Fsp3) is 0.154. The molecule has 3 saturated carbocycles. The van der Waals surface area contributed by atoms with E-state index in [4.69, 9.17) is 4.42 Å². The highest BCUT2D eigenvalue weighted by Crippen LogP contribution is 2.82. The number of furan rings is 1. The molecule has 2 spiro atoms. The summed E-state index contributed by atoms with van der Waals surface area (Å²) >= 11 is 0. The molecule has 80 heavy (non-hydrogen) atoms. The number of fused-ring (bicyclic) bond motifs is 17. The molecule has 18 rings (SSSR count). The van der Waals surface area contributed by atoms with Crippen LogP contribution in [-0.4, -0.2) is 0 Å². The van der Waals surface area contributed by atoms with E-state index in [9.17, 15) is 0 Å². The minimum Gasteiger partial charge on any atom is -0.454 e. The molecule has 6 bridgehead atoms. The van der Waals surface area contributed by atoms with Gasteiger partial charge in [-0.15, -0.1) is 0 Å². The molecule has 1 aromatic heterocycles. The van der Waals surface area contributed by atoms with E-state index in [1.54, 1.807) is 27.8 Å². The molecule has 1 heterocycles. The summed E-state index contributed by atoms with van der Waals surface area (Å²) in [4.78, 5) is 2.43. The van der Waals surface area contributed by atoms with Crippen LogP contribution in [0.1, 0.15) is 83.2 Å². The summed E-state index contributed by atoms with van der Waals surface area (Å²) in [6.45, 7) is 0. The average molecular weight is 1020 g/mol. The Morgan fingerprint density at radius 1 is 0.338 bits per heavy atom. The average Bonchev–Trinajstić information content (AvgIpc) is 3.76. The third kappa shape index (κ3) is 5.88. The lowest BCUT2D eigenvalue weighted by molar-refractivity contribution is -0.00417. The molecule has 7 atom stereocenters. The summed E-state index contributed by atoms with van der Waals surface area (Å²) in [7, 11) is 0. The normalized spacial score (nSPS) is 23.9. The first kappa shape index (κ1) is 44.9. The molecule has 0 amide bonds. The van der Waals surface area contributed by atoms with E-state index in [1.807, 2.05) is 0 Å². The lowest BCUT2D eigenvalue weighted by atomic mass is 9.38. The third-order valence-electron chi connectivity index (χ3n) is 21.0. The Bertz CT molecular complexity index is 4530. The van der Waals surface area contributed by atoms with Gasteiger partial charge in [-0.05, 0) is 170 Å². The number of hydrogen-bond donors (Lipinski definition) is 0. The Morgan fingerprint density at radius 2 is 0.838 bits per heavy atom. The molecular weight excluding hydrogens is 967 g/mol. The van der Waals surface area contributed by atoms with Crippen molar-refractivity contribution in [1.82, 2.24) is 0 Å². The zero-order valence-corrected chi connectivity index (χ0v) is 44.5. The second kappa shape index (κ2) is 16.5. The van der Waals surface area contributed by atoms with Crippen LogP contribution in [0.3, 0.4) is 0 Å². The SMILES string of the molecule is c1ccc(-c2ccccc2N(c2ccc(-c3cccc4c3-c3ccccc3C3CC56CC(CC78CC(c9ccccc9-c9ccccc97)C4(C3)C58)c3ccccc3-c3ccccc36)cc2)c2cccc3c2oc2ccccc23)cc1. The van der Waals surface area contributed by atoms with E-state index in [-0.39, 0.29) is 16.2 Å². The highest BCUT2D eigenvalue weighted by molar-refractivity contribution is 6.11. The van der Waals surface area contributed by atoms with Gasteiger partial charge in [0.1, 0.15) is 5.58 Å². The zero-order valence-electron chi connectivity index (χ0n) is 44.5. The fourth-order valence-corrected chi connectivity index (χ4v) is 18.7. The van der Waals surface area contributed by atoms with Crippen LogP contribution in [0.25, 0.3) is 77.6 Å². The molecule has 3 fully saturated rings. The van der Waals surface area contributed by atoms with Crippen molar-refractivity contribution < 1.29 is 4.42 Å². The van der Waals surface area contributed by atoms with Crippen molar-refractivity contribution in [1.29, 1.82) is 0 Å². The standard InChI is InChI=1S/C78H57NO/c1-2-20-49(21-3-1)56-24-12-16-37-70(56)79(71-38-19-33-65-63-30-13-17-39-72(63)80-74(65)71)53-42-40-50(41-43-53)57-32-18-36-68-73(57)64-31-9-5-23-55(64)52-46-76-44-51(54-22-4-6-25-58(54)60-27-10-14-34-66(60)76)45-77-48-69(78(68,47-52)75(76)77)62-29-8-7-26-59(62)61-28-11-15-35-67(61)77/h1-43,51-52,69,75H,44-48H2. The number of hydrogen-bond acceptors (Lipinski definition) is 2. The van der Waals surface area contributed by atoms with Gasteiger partial charge >= 0.3 is 0 Å². The summed E-state index contributed by atoms with van der Waals surface area (Å²) in [5.41, 5.74) is 27.5. The highest BCUT2D eigenvalue weighted by Gasteiger charge is 2.76. The Kier molecular flexibility index (Phi) is 9.29. The molecule has 12 aromatic rings. The number of rotatable bonds is 5. The Balaban J connectivity index is 0.889. The second-order valence-electron chi connectivity index (χ2n) is 24.4. The quantitative estimate of drug-likeness (QED) is 0.171. The molecule has 7 unspecified atom stereocenters. The van der Waals surface area contributed by atoms with Gasteiger partial charge in [0.15, 0.2) is 5.58 Å². The van der Waals surface area contributed by atoms with Gasteiger partial charge in [0.25, 0.3) is 0 Å². The molecule has 0 saturated heterocycles. The van der Waals surface area contributed by atoms with Crippen molar-refractivity contribution in [2.75, 3.05) is 4.90 Å². The Morgan fingerprint density at radius 3 is 1.59 bits per heavy atom. The van der Waals surface area contributed by atoms with Crippen LogP contribution < -0.4 is 4.90 Å². The first-order valence-electron chi connectivity index (χ1n) is 29.2. The Hall–Kier alpha value is -8.98. The first-order chi connectivity index (χ1) is 39.6. The van der Waals surface area contributed by atoms with Crippen molar-refractivity contribution in [2.45, 2.75) is 66.1 Å². The number of nitrogens with zero attached hydrogens (tertiary/aromatic N) is 1. The lowest BCUT2D eigenvalue weighted by Gasteiger charge is -2.64. The monoisotopic (exact) mass is 1020 g/mol. The maximum atomic E-state index is 6.85. The van der Waals surface area contributed by atoms with Gasteiger partial charge in [0.2, 0.25) is 0 Å². The minimum atomic E-state index is -0.186. The van der Waals surface area contributed by atoms with Crippen molar-refractivity contribution in [3.63, 3.8) is 0 Å². The fourth-order valence-electron chi connectivity index (χ4n) is 18.7. The number of anilines is 3. The van der Waals surface area contributed by atoms with Crippen molar-refractivity contribution >= 4 is 39.0 Å². The minimum absolute atomic E-state index is 0.0770. The summed E-state index contributed by atoms with van der Waals surface area (Å²) < 4.78 is 6.85. The van der Waals surface area contributed by atoms with E-state index in [0.717, 1.165) is 70.2 Å². The summed E-state index contributed by atoms with van der Waals surface area (Å²) in [6, 6.07) is 100. The largest absolute Gasteiger partial charge is 0.454 e. The van der Waals surface area contributed by atoms with Crippen molar-refractivity contribution in [2.24, 2.45) is 5.92 Å². The van der Waals surface area contributed by atoms with Gasteiger partial charge in [0.05, 0.1) is 11.4 Å². The molecule has 0 radical (unpaired) electrons. The summed E-state index contributed by atoms with van der Waals surface area (Å²) in [5, 5.41) is 2.23. The summed E-state index contributed by atoms with van der Waals surface area (Å²) in [6.07, 6.45) is 5.76. The van der Waals surface area contributed by atoms with E-state index < -0.39 is 0 Å². The second-order valence-corrected chi connectivity index (χ2v) is 24.4. The molecule has 6 aliphatic carbocycles. The predicted octanol–water partition coefficient (Wildman–Crippen LogP) is 20.4. The third-order valence-corrected chi connectivity index (χ3v) is 21.0. The van der Waals surface area contributed by atoms with Gasteiger partial charge in [0, 0.05) is 38.3 Å². The first-order valence-corrected chi connectivity index (χ1v) is 29.2. The maximum absolute atomic E-state index is 6.85. The number of benzene rings is 11. The van der Waals surface area contributed by atoms with Crippen molar-refractivity contribution in [3.8, 4) is 55.6 Å². The van der Waals surface area contributed by atoms with E-state index in [0.29, 0.717) is 23.7 Å². The van der Waals surface area contributed by atoms with Crippen molar-refractivity contribution in [3.05, 3.63) is 294 Å². The molecule has 0 N–H and O–H groups in total. The molecular formula is C78H57NO. The van der Waals surface area contributed by atoms with Gasteiger partial charge < -0.3 is 9.32 Å². The molecule has 2 heteroatoms. The Labute approximate surface area is 467 Å². The molecule has 6 aliphatic rings. The lowest BCUT2D eigenvalue weighted by Crippen LogP contribution is -2.61. The van der Waals surface area contributed by atoms with Crippen LogP contribution in [0.2, 0.25) is 0 Å². The van der Waals surface area contributed by atoms with Gasteiger partial charge in [-0.25, -0.2) is 0 Å². The van der Waals surface area contributed by atoms with E-state index >= 15 is 0 Å². The van der Waals surface area contributed by atoms with Crippen LogP contribution in [-0.2, 0) is 16.2 Å². The van der Waals surface area contributed by atoms with Crippen LogP contribution in [0.5, 0.6) is 0 Å². The summed E-state index contributed by atoms with van der Waals surface area (Å²) in [5.74, 6) is 1.45. The molecule has 2 nitrogen and oxygen atoms in total. The van der Waals surface area contributed by atoms with Crippen LogP contribution >= 0.6 is 0 Å². The van der Waals surface area contributed by atoms with E-state index in [1.165, 1.54) is 62.1 Å². The van der Waals surface area contributed by atoms with Gasteiger partial charge in [-0.2, -0.15) is 0 Å². The van der Waals surface area contributed by atoms with Gasteiger partial charge in [-0.1, -0.05) is 231 Å². The van der Waals surface area contributed by atoms with Crippen LogP contribution in [0, 0.1) is 5.92 Å². The van der Waals surface area contributed by atoms with Crippen LogP contribution in [0.15, 0.2) is 265 Å². The van der Waals surface area contributed by atoms with E-state index in [2.05, 4.69) is 266 Å². The van der Waals surface area contributed by atoms with Crippen LogP contribution in [0.4, 0.5) is 17.1 Å². The number of para-hydroxylation sites is 3. The van der Waals surface area contributed by atoms with Gasteiger partial charge in [-0.3, -0.25) is 0 Å². The molecule has 380 valence electrons. The zero-order chi connectivity index (χ0) is 52.3. The molecule has 11 aromatic carbocycles. The smallest absolute Gasteiger partial charge is 0.159 e. The molecule has 0 aliphatic heterocycles. The highest BCUT2D eigenvalue weighted by atomic mass is 16.3. The predicted molar refractivity (Wildman–Crippen MR) is 328 cm³/mol. The maximum Gasteiger partial charge on any atom is 0.159 e.